The van der Waals surface area contributed by atoms with Crippen LogP contribution in [0.25, 0.3) is 0 Å². The lowest BCUT2D eigenvalue weighted by Gasteiger charge is -2.24. The molecule has 5 heteroatoms. The topological polar surface area (TPSA) is 34.5 Å². The van der Waals surface area contributed by atoms with Crippen molar-refractivity contribution in [1.82, 2.24) is 9.47 Å². The second-order valence-corrected chi connectivity index (χ2v) is 7.52. The summed E-state index contributed by atoms with van der Waals surface area (Å²) in [4.78, 5) is 15.2. The average molecular weight is 395 g/mol. The van der Waals surface area contributed by atoms with E-state index in [4.69, 9.17) is 16.3 Å². The fourth-order valence-corrected chi connectivity index (χ4v) is 3.60. The molecule has 1 fully saturated rings. The number of ether oxygens (including phenoxy) is 1. The first kappa shape index (κ1) is 18.6. The van der Waals surface area contributed by atoms with Gasteiger partial charge in [-0.05, 0) is 54.8 Å². The Balaban J connectivity index is 1.56. The fourth-order valence-electron chi connectivity index (χ4n) is 3.41. The second kappa shape index (κ2) is 8.11. The molecule has 0 bridgehead atoms. The highest BCUT2D eigenvalue weighted by Crippen LogP contribution is 2.30. The van der Waals surface area contributed by atoms with Crippen LogP contribution in [0, 0.1) is 0 Å². The predicted octanol–water partition coefficient (Wildman–Crippen LogP) is 5.00. The molecule has 1 saturated carbocycles. The molecule has 1 aliphatic carbocycles. The van der Waals surface area contributed by atoms with E-state index in [-0.39, 0.29) is 5.91 Å². The maximum atomic E-state index is 13.2. The van der Waals surface area contributed by atoms with Gasteiger partial charge >= 0.3 is 0 Å². The Morgan fingerprint density at radius 3 is 2.71 bits per heavy atom. The Bertz CT molecular complexity index is 978. The number of carbonyl (C=O) groups is 1. The Morgan fingerprint density at radius 2 is 1.96 bits per heavy atom. The molecule has 1 aliphatic rings. The van der Waals surface area contributed by atoms with Crippen LogP contribution >= 0.6 is 11.6 Å². The number of carbonyl (C=O) groups excluding carboxylic acids is 1. The summed E-state index contributed by atoms with van der Waals surface area (Å²) in [6.45, 7) is 1.27. The van der Waals surface area contributed by atoms with Gasteiger partial charge in [0.25, 0.3) is 5.91 Å². The summed E-state index contributed by atoms with van der Waals surface area (Å²) in [6, 6.07) is 19.6. The van der Waals surface area contributed by atoms with E-state index in [2.05, 4.69) is 10.6 Å². The van der Waals surface area contributed by atoms with Gasteiger partial charge in [-0.1, -0.05) is 35.9 Å². The number of amides is 1. The Labute approximate surface area is 170 Å². The number of hydrogen-bond donors (Lipinski definition) is 0. The quantitative estimate of drug-likeness (QED) is 0.565. The second-order valence-electron chi connectivity index (χ2n) is 7.12. The molecule has 4 nitrogen and oxygen atoms in total. The number of rotatable bonds is 7. The molecule has 1 amide bonds. The third kappa shape index (κ3) is 4.07. The molecule has 2 aromatic carbocycles. The van der Waals surface area contributed by atoms with E-state index in [1.54, 1.807) is 13.2 Å². The molecular weight excluding hydrogens is 372 g/mol. The van der Waals surface area contributed by atoms with Gasteiger partial charge in [0.2, 0.25) is 0 Å². The number of halogens is 1. The molecule has 0 unspecified atom stereocenters. The summed E-state index contributed by atoms with van der Waals surface area (Å²) in [5.74, 6) is 0.746. The van der Waals surface area contributed by atoms with Crippen molar-refractivity contribution in [2.75, 3.05) is 7.11 Å². The first-order chi connectivity index (χ1) is 13.7. The number of hydrogen-bond acceptors (Lipinski definition) is 2. The molecule has 0 spiro atoms. The van der Waals surface area contributed by atoms with Gasteiger partial charge in [-0.2, -0.15) is 0 Å². The summed E-state index contributed by atoms with van der Waals surface area (Å²) < 4.78 is 7.44. The van der Waals surface area contributed by atoms with E-state index in [1.807, 2.05) is 59.6 Å². The van der Waals surface area contributed by atoms with Gasteiger partial charge < -0.3 is 14.2 Å². The molecule has 1 aromatic heterocycles. The molecule has 0 aliphatic heterocycles. The zero-order valence-electron chi connectivity index (χ0n) is 15.8. The van der Waals surface area contributed by atoms with Crippen LogP contribution in [0.2, 0.25) is 5.02 Å². The smallest absolute Gasteiger partial charge is 0.254 e. The highest BCUT2D eigenvalue weighted by Gasteiger charge is 2.33. The van der Waals surface area contributed by atoms with Crippen LogP contribution in [0.4, 0.5) is 0 Å². The van der Waals surface area contributed by atoms with Crippen molar-refractivity contribution in [3.05, 3.63) is 88.7 Å². The van der Waals surface area contributed by atoms with Gasteiger partial charge in [0.05, 0.1) is 13.7 Å². The number of nitrogens with zero attached hydrogens (tertiary/aromatic N) is 2. The Kier molecular flexibility index (Phi) is 5.40. The molecule has 28 heavy (non-hydrogen) atoms. The van der Waals surface area contributed by atoms with Gasteiger partial charge in [0, 0.05) is 35.1 Å². The fraction of sp³-hybridized carbons (Fsp3) is 0.261. The monoisotopic (exact) mass is 394 g/mol. The zero-order valence-corrected chi connectivity index (χ0v) is 16.6. The maximum Gasteiger partial charge on any atom is 0.254 e. The SMILES string of the molecule is COc1cccc(C(=O)N(Cc2cccn2Cc2ccccc2Cl)C2CC2)c1. The van der Waals surface area contributed by atoms with E-state index in [0.717, 1.165) is 29.1 Å². The predicted molar refractivity (Wildman–Crippen MR) is 111 cm³/mol. The summed E-state index contributed by atoms with van der Waals surface area (Å²) in [6.07, 6.45) is 4.15. The van der Waals surface area contributed by atoms with Crippen LogP contribution in [0.3, 0.4) is 0 Å². The normalized spacial score (nSPS) is 13.4. The van der Waals surface area contributed by atoms with Crippen molar-refractivity contribution >= 4 is 17.5 Å². The van der Waals surface area contributed by atoms with Crippen molar-refractivity contribution in [3.8, 4) is 5.75 Å². The highest BCUT2D eigenvalue weighted by molar-refractivity contribution is 6.31. The van der Waals surface area contributed by atoms with Crippen molar-refractivity contribution in [1.29, 1.82) is 0 Å². The first-order valence-corrected chi connectivity index (χ1v) is 9.86. The molecule has 3 aromatic rings. The molecule has 0 N–H and O–H groups in total. The van der Waals surface area contributed by atoms with Crippen molar-refractivity contribution in [2.45, 2.75) is 32.0 Å². The van der Waals surface area contributed by atoms with E-state index >= 15 is 0 Å². The summed E-state index contributed by atoms with van der Waals surface area (Å²) in [5, 5.41) is 0.758. The lowest BCUT2D eigenvalue weighted by molar-refractivity contribution is 0.0725. The van der Waals surface area contributed by atoms with Crippen molar-refractivity contribution in [2.24, 2.45) is 0 Å². The lowest BCUT2D eigenvalue weighted by Crippen LogP contribution is -2.33. The minimum atomic E-state index is 0.0480. The minimum Gasteiger partial charge on any atom is -0.497 e. The van der Waals surface area contributed by atoms with Crippen molar-refractivity contribution < 1.29 is 9.53 Å². The number of benzene rings is 2. The van der Waals surface area contributed by atoms with E-state index in [0.29, 0.717) is 30.4 Å². The number of aromatic nitrogens is 1. The molecule has 144 valence electrons. The van der Waals surface area contributed by atoms with E-state index in [9.17, 15) is 4.79 Å². The Hall–Kier alpha value is -2.72. The van der Waals surface area contributed by atoms with Crippen LogP contribution in [-0.2, 0) is 13.1 Å². The number of methoxy groups -OCH3 is 1. The Morgan fingerprint density at radius 1 is 1.14 bits per heavy atom. The van der Waals surface area contributed by atoms with Crippen LogP contribution in [0.1, 0.15) is 34.5 Å². The highest BCUT2D eigenvalue weighted by atomic mass is 35.5. The third-order valence-electron chi connectivity index (χ3n) is 5.12. The van der Waals surface area contributed by atoms with Gasteiger partial charge in [-0.25, -0.2) is 0 Å². The lowest BCUT2D eigenvalue weighted by atomic mass is 10.1. The summed E-state index contributed by atoms with van der Waals surface area (Å²) >= 11 is 6.33. The molecular formula is C23H23ClN2O2. The van der Waals surface area contributed by atoms with Crippen molar-refractivity contribution in [3.63, 3.8) is 0 Å². The van der Waals surface area contributed by atoms with Crippen LogP contribution < -0.4 is 4.74 Å². The van der Waals surface area contributed by atoms with Crippen LogP contribution in [0.15, 0.2) is 66.9 Å². The van der Waals surface area contributed by atoms with Crippen LogP contribution in [0.5, 0.6) is 5.75 Å². The largest absolute Gasteiger partial charge is 0.497 e. The van der Waals surface area contributed by atoms with Gasteiger partial charge in [0.15, 0.2) is 0 Å². The third-order valence-corrected chi connectivity index (χ3v) is 5.49. The molecule has 1 heterocycles. The summed E-state index contributed by atoms with van der Waals surface area (Å²) in [7, 11) is 1.61. The molecule has 0 radical (unpaired) electrons. The van der Waals surface area contributed by atoms with E-state index < -0.39 is 0 Å². The van der Waals surface area contributed by atoms with Gasteiger partial charge in [0.1, 0.15) is 5.75 Å². The summed E-state index contributed by atoms with van der Waals surface area (Å²) in [5.41, 5.74) is 2.83. The van der Waals surface area contributed by atoms with Gasteiger partial charge in [-0.3, -0.25) is 4.79 Å². The molecule has 0 atom stereocenters. The maximum absolute atomic E-state index is 13.2. The van der Waals surface area contributed by atoms with Gasteiger partial charge in [-0.15, -0.1) is 0 Å². The molecule has 0 saturated heterocycles. The minimum absolute atomic E-state index is 0.0480. The zero-order chi connectivity index (χ0) is 19.5. The molecule has 4 rings (SSSR count). The first-order valence-electron chi connectivity index (χ1n) is 9.48. The van der Waals surface area contributed by atoms with Crippen LogP contribution in [-0.4, -0.2) is 28.5 Å². The van der Waals surface area contributed by atoms with E-state index in [1.165, 1.54) is 0 Å². The standard InChI is InChI=1S/C23H23ClN2O2/c1-28-21-9-4-7-17(14-21)23(27)26(19-11-12-19)16-20-8-5-13-25(20)15-18-6-2-3-10-22(18)24/h2-10,13-14,19H,11-12,15-16H2,1H3. The average Bonchev–Trinajstić information content (AvgIpc) is 3.47.